The van der Waals surface area contributed by atoms with Crippen LogP contribution in [0.3, 0.4) is 0 Å². The molecule has 122 valence electrons. The molecule has 0 unspecified atom stereocenters. The Balaban J connectivity index is 1.91. The fraction of sp³-hybridized carbons (Fsp3) is 0.588. The summed E-state index contributed by atoms with van der Waals surface area (Å²) in [6.07, 6.45) is 0.731. The van der Waals surface area contributed by atoms with Crippen LogP contribution in [-0.4, -0.2) is 37.8 Å². The molecule has 0 saturated carbocycles. The highest BCUT2D eigenvalue weighted by molar-refractivity contribution is 5.68. The zero-order valence-electron chi connectivity index (χ0n) is 13.6. The van der Waals surface area contributed by atoms with Crippen LogP contribution in [0.2, 0.25) is 0 Å². The molecule has 5 heteroatoms. The van der Waals surface area contributed by atoms with E-state index in [4.69, 9.17) is 14.5 Å². The second-order valence-electron chi connectivity index (χ2n) is 6.11. The molecule has 1 aromatic rings. The Morgan fingerprint density at radius 1 is 1.36 bits per heavy atom. The Bertz CT molecular complexity index is 479. The van der Waals surface area contributed by atoms with Crippen molar-refractivity contribution in [2.45, 2.75) is 26.9 Å². The SMILES string of the molecule is CC[C@@H]1CN(C(=O)OCc2ccccc2)C[C@@]1(C)COOC. The standard InChI is InChI=1S/C17H25NO4/c1-4-15-10-18(12-17(15,2)13-22-20-3)16(19)21-11-14-8-6-5-7-9-14/h5-9,15H,4,10-13H2,1-3H3/t15-,17+/m1/s1. The van der Waals surface area contributed by atoms with Gasteiger partial charge in [-0.15, -0.1) is 0 Å². The predicted octanol–water partition coefficient (Wildman–Crippen LogP) is 3.25. The normalized spacial score (nSPS) is 24.5. The summed E-state index contributed by atoms with van der Waals surface area (Å²) in [5.41, 5.74) is 0.892. The fourth-order valence-corrected chi connectivity index (χ4v) is 3.04. The Kier molecular flexibility index (Phi) is 5.80. The minimum Gasteiger partial charge on any atom is -0.445 e. The molecule has 22 heavy (non-hydrogen) atoms. The molecule has 0 N–H and O–H groups in total. The third-order valence-corrected chi connectivity index (χ3v) is 4.44. The van der Waals surface area contributed by atoms with Gasteiger partial charge in [-0.1, -0.05) is 50.6 Å². The van der Waals surface area contributed by atoms with Crippen molar-refractivity contribution in [3.05, 3.63) is 35.9 Å². The van der Waals surface area contributed by atoms with E-state index in [-0.39, 0.29) is 11.5 Å². The summed E-state index contributed by atoms with van der Waals surface area (Å²) in [6.45, 7) is 6.37. The average molecular weight is 307 g/mol. The van der Waals surface area contributed by atoms with Gasteiger partial charge in [0.15, 0.2) is 0 Å². The lowest BCUT2D eigenvalue weighted by Crippen LogP contribution is -2.34. The summed E-state index contributed by atoms with van der Waals surface area (Å²) in [5.74, 6) is 0.381. The number of nitrogens with zero attached hydrogens (tertiary/aromatic N) is 1. The smallest absolute Gasteiger partial charge is 0.410 e. The number of amides is 1. The average Bonchev–Trinajstić information content (AvgIpc) is 2.89. The molecule has 0 spiro atoms. The van der Waals surface area contributed by atoms with Crippen molar-refractivity contribution in [2.24, 2.45) is 11.3 Å². The van der Waals surface area contributed by atoms with Gasteiger partial charge in [0.1, 0.15) is 6.61 Å². The van der Waals surface area contributed by atoms with Gasteiger partial charge < -0.3 is 9.64 Å². The summed E-state index contributed by atoms with van der Waals surface area (Å²) in [4.78, 5) is 23.9. The summed E-state index contributed by atoms with van der Waals surface area (Å²) < 4.78 is 5.42. The lowest BCUT2D eigenvalue weighted by molar-refractivity contribution is -0.290. The molecule has 1 aliphatic rings. The van der Waals surface area contributed by atoms with Crippen LogP contribution >= 0.6 is 0 Å². The first-order valence-electron chi connectivity index (χ1n) is 7.70. The predicted molar refractivity (Wildman–Crippen MR) is 83.0 cm³/mol. The zero-order valence-corrected chi connectivity index (χ0v) is 13.6. The molecule has 2 rings (SSSR count). The topological polar surface area (TPSA) is 48.0 Å². The molecule has 1 aliphatic heterocycles. The molecule has 1 amide bonds. The molecule has 5 nitrogen and oxygen atoms in total. The van der Waals surface area contributed by atoms with E-state index in [1.165, 1.54) is 7.11 Å². The van der Waals surface area contributed by atoms with E-state index in [2.05, 4.69) is 13.8 Å². The quantitative estimate of drug-likeness (QED) is 0.598. The van der Waals surface area contributed by atoms with E-state index in [0.717, 1.165) is 12.0 Å². The van der Waals surface area contributed by atoms with Crippen molar-refractivity contribution in [1.29, 1.82) is 0 Å². The van der Waals surface area contributed by atoms with Crippen molar-refractivity contribution < 1.29 is 19.3 Å². The maximum atomic E-state index is 12.3. The van der Waals surface area contributed by atoms with Gasteiger partial charge in [0.05, 0.1) is 13.7 Å². The Labute approximate surface area is 132 Å². The molecular formula is C17H25NO4. The van der Waals surface area contributed by atoms with Crippen LogP contribution in [0.5, 0.6) is 0 Å². The van der Waals surface area contributed by atoms with Crippen LogP contribution in [0.4, 0.5) is 4.79 Å². The van der Waals surface area contributed by atoms with Crippen molar-refractivity contribution in [3.8, 4) is 0 Å². The van der Waals surface area contributed by atoms with E-state index < -0.39 is 0 Å². The monoisotopic (exact) mass is 307 g/mol. The van der Waals surface area contributed by atoms with Crippen LogP contribution in [0.1, 0.15) is 25.8 Å². The first-order chi connectivity index (χ1) is 10.6. The lowest BCUT2D eigenvalue weighted by Gasteiger charge is -2.28. The summed E-state index contributed by atoms with van der Waals surface area (Å²) in [7, 11) is 1.51. The molecule has 0 radical (unpaired) electrons. The summed E-state index contributed by atoms with van der Waals surface area (Å²) >= 11 is 0. The molecule has 1 aromatic carbocycles. The molecule has 0 aromatic heterocycles. The number of carbonyl (C=O) groups excluding carboxylic acids is 1. The zero-order chi connectivity index (χ0) is 16.0. The van der Waals surface area contributed by atoms with Gasteiger partial charge in [-0.3, -0.25) is 0 Å². The Morgan fingerprint density at radius 3 is 2.73 bits per heavy atom. The third kappa shape index (κ3) is 3.99. The first-order valence-corrected chi connectivity index (χ1v) is 7.70. The molecular weight excluding hydrogens is 282 g/mol. The fourth-order valence-electron chi connectivity index (χ4n) is 3.04. The number of likely N-dealkylation sites (tertiary alicyclic amines) is 1. The molecule has 1 saturated heterocycles. The number of hydrogen-bond donors (Lipinski definition) is 0. The minimum absolute atomic E-state index is 0.101. The van der Waals surface area contributed by atoms with Gasteiger partial charge in [0.25, 0.3) is 0 Å². The van der Waals surface area contributed by atoms with E-state index >= 15 is 0 Å². The van der Waals surface area contributed by atoms with Crippen molar-refractivity contribution in [2.75, 3.05) is 26.8 Å². The first kappa shape index (κ1) is 16.8. The molecule has 1 fully saturated rings. The van der Waals surface area contributed by atoms with Crippen molar-refractivity contribution in [1.82, 2.24) is 4.90 Å². The van der Waals surface area contributed by atoms with Crippen molar-refractivity contribution in [3.63, 3.8) is 0 Å². The number of hydrogen-bond acceptors (Lipinski definition) is 4. The van der Waals surface area contributed by atoms with Crippen LogP contribution in [-0.2, 0) is 21.1 Å². The van der Waals surface area contributed by atoms with Crippen LogP contribution in [0.25, 0.3) is 0 Å². The van der Waals surface area contributed by atoms with Gasteiger partial charge >= 0.3 is 6.09 Å². The molecule has 0 aliphatic carbocycles. The molecule has 0 bridgehead atoms. The third-order valence-electron chi connectivity index (χ3n) is 4.44. The van der Waals surface area contributed by atoms with Crippen LogP contribution in [0, 0.1) is 11.3 Å². The van der Waals surface area contributed by atoms with Gasteiger partial charge in [0.2, 0.25) is 0 Å². The number of ether oxygens (including phenoxy) is 1. The number of rotatable bonds is 6. The largest absolute Gasteiger partial charge is 0.445 e. The number of carbonyl (C=O) groups is 1. The molecule has 2 atom stereocenters. The highest BCUT2D eigenvalue weighted by Gasteiger charge is 2.44. The van der Waals surface area contributed by atoms with E-state index in [1.807, 2.05) is 30.3 Å². The van der Waals surface area contributed by atoms with Gasteiger partial charge in [0, 0.05) is 18.5 Å². The second-order valence-corrected chi connectivity index (χ2v) is 6.11. The molecule has 1 heterocycles. The second kappa shape index (κ2) is 7.61. The van der Waals surface area contributed by atoms with Gasteiger partial charge in [-0.25, -0.2) is 14.6 Å². The Morgan fingerprint density at radius 2 is 2.09 bits per heavy atom. The summed E-state index contributed by atoms with van der Waals surface area (Å²) in [6, 6.07) is 9.71. The number of benzene rings is 1. The van der Waals surface area contributed by atoms with Crippen LogP contribution < -0.4 is 0 Å². The lowest BCUT2D eigenvalue weighted by atomic mass is 9.79. The van der Waals surface area contributed by atoms with Crippen molar-refractivity contribution >= 4 is 6.09 Å². The van der Waals surface area contributed by atoms with E-state index in [0.29, 0.717) is 32.2 Å². The van der Waals surface area contributed by atoms with E-state index in [1.54, 1.807) is 4.90 Å². The highest BCUT2D eigenvalue weighted by atomic mass is 17.2. The Hall–Kier alpha value is -1.59. The maximum absolute atomic E-state index is 12.3. The minimum atomic E-state index is -0.261. The van der Waals surface area contributed by atoms with Gasteiger partial charge in [-0.05, 0) is 11.5 Å². The van der Waals surface area contributed by atoms with E-state index in [9.17, 15) is 4.79 Å². The highest BCUT2D eigenvalue weighted by Crippen LogP contribution is 2.38. The van der Waals surface area contributed by atoms with Crippen LogP contribution in [0.15, 0.2) is 30.3 Å². The maximum Gasteiger partial charge on any atom is 0.410 e. The van der Waals surface area contributed by atoms with Gasteiger partial charge in [-0.2, -0.15) is 0 Å². The summed E-state index contributed by atoms with van der Waals surface area (Å²) in [5, 5.41) is 0.